The summed E-state index contributed by atoms with van der Waals surface area (Å²) in [6.07, 6.45) is -1.23. The Morgan fingerprint density at radius 2 is 1.67 bits per heavy atom. The number of hydrogen-bond acceptors (Lipinski definition) is 7. The fourth-order valence-corrected chi connectivity index (χ4v) is 3.62. The van der Waals surface area contributed by atoms with Crippen LogP contribution in [0.3, 0.4) is 0 Å². The molecule has 30 heavy (non-hydrogen) atoms. The Morgan fingerprint density at radius 1 is 1.07 bits per heavy atom. The third-order valence-corrected chi connectivity index (χ3v) is 5.67. The molecule has 8 nitrogen and oxygen atoms in total. The fourth-order valence-electron chi connectivity index (χ4n) is 2.41. The standard InChI is InChI=1S/C20H22ClNO7S/c1-13-4-10-17(11-5-13)30(25,26)29-14(2)19(20(24)27-3)22-18(23)12-28-16-8-6-15(21)7-9-16/h4-11,14,19H,12H2,1-3H3,(H,22,23)/t14-,19+/m1/s1. The summed E-state index contributed by atoms with van der Waals surface area (Å²) in [5.74, 6) is -1.12. The van der Waals surface area contributed by atoms with Crippen LogP contribution in [-0.2, 0) is 28.6 Å². The van der Waals surface area contributed by atoms with Gasteiger partial charge in [0, 0.05) is 5.02 Å². The molecule has 2 rings (SSSR count). The highest BCUT2D eigenvalue weighted by Crippen LogP contribution is 2.17. The molecule has 2 aromatic rings. The Hall–Kier alpha value is -2.62. The van der Waals surface area contributed by atoms with Crippen LogP contribution in [0.15, 0.2) is 53.4 Å². The van der Waals surface area contributed by atoms with Crippen LogP contribution < -0.4 is 10.1 Å². The molecule has 0 spiro atoms. The van der Waals surface area contributed by atoms with E-state index in [4.69, 9.17) is 20.5 Å². The van der Waals surface area contributed by atoms with Gasteiger partial charge in [0.1, 0.15) is 11.9 Å². The number of rotatable bonds is 9. The minimum Gasteiger partial charge on any atom is -0.484 e. The summed E-state index contributed by atoms with van der Waals surface area (Å²) < 4.78 is 40.0. The number of amides is 1. The van der Waals surface area contributed by atoms with Crippen LogP contribution in [0.1, 0.15) is 12.5 Å². The second-order valence-corrected chi connectivity index (χ2v) is 8.39. The first-order valence-electron chi connectivity index (χ1n) is 8.88. The summed E-state index contributed by atoms with van der Waals surface area (Å²) in [6.45, 7) is 2.75. The minimum absolute atomic E-state index is 0.0686. The van der Waals surface area contributed by atoms with Crippen molar-refractivity contribution < 1.29 is 31.7 Å². The summed E-state index contributed by atoms with van der Waals surface area (Å²) >= 11 is 5.78. The predicted molar refractivity (Wildman–Crippen MR) is 110 cm³/mol. The monoisotopic (exact) mass is 455 g/mol. The number of benzene rings is 2. The highest BCUT2D eigenvalue weighted by atomic mass is 35.5. The summed E-state index contributed by atoms with van der Waals surface area (Å²) in [7, 11) is -3.04. The molecular formula is C20H22ClNO7S. The van der Waals surface area contributed by atoms with Crippen molar-refractivity contribution in [1.82, 2.24) is 5.32 Å². The smallest absolute Gasteiger partial charge is 0.331 e. The molecule has 0 heterocycles. The van der Waals surface area contributed by atoms with Crippen LogP contribution in [0.4, 0.5) is 0 Å². The molecule has 0 unspecified atom stereocenters. The van der Waals surface area contributed by atoms with Crippen LogP contribution >= 0.6 is 11.6 Å². The largest absolute Gasteiger partial charge is 0.484 e. The van der Waals surface area contributed by atoms with Crippen LogP contribution in [-0.4, -0.2) is 46.2 Å². The lowest BCUT2D eigenvalue weighted by atomic mass is 10.2. The lowest BCUT2D eigenvalue weighted by Crippen LogP contribution is -2.50. The van der Waals surface area contributed by atoms with Crippen LogP contribution in [0.25, 0.3) is 0 Å². The second kappa shape index (κ2) is 10.4. The Morgan fingerprint density at radius 3 is 2.23 bits per heavy atom. The SMILES string of the molecule is COC(=O)[C@@H](NC(=O)COc1ccc(Cl)cc1)[C@@H](C)OS(=O)(=O)c1ccc(C)cc1. The normalized spacial score (nSPS) is 13.2. The molecule has 2 atom stereocenters. The molecule has 2 aromatic carbocycles. The molecule has 0 saturated heterocycles. The summed E-state index contributed by atoms with van der Waals surface area (Å²) in [5.41, 5.74) is 0.877. The van der Waals surface area contributed by atoms with Gasteiger partial charge >= 0.3 is 5.97 Å². The Bertz CT molecular complexity index is 975. The van der Waals surface area contributed by atoms with Gasteiger partial charge in [0.05, 0.1) is 12.0 Å². The third kappa shape index (κ3) is 6.72. The Labute approximate surface area is 180 Å². The number of ether oxygens (including phenoxy) is 2. The molecule has 10 heteroatoms. The maximum absolute atomic E-state index is 12.5. The van der Waals surface area contributed by atoms with Crippen molar-refractivity contribution in [3.8, 4) is 5.75 Å². The van der Waals surface area contributed by atoms with E-state index in [0.717, 1.165) is 12.7 Å². The molecular weight excluding hydrogens is 434 g/mol. The van der Waals surface area contributed by atoms with Crippen molar-refractivity contribution in [3.05, 3.63) is 59.1 Å². The van der Waals surface area contributed by atoms with E-state index < -0.39 is 40.7 Å². The first-order chi connectivity index (χ1) is 14.1. The van der Waals surface area contributed by atoms with Gasteiger partial charge in [-0.1, -0.05) is 29.3 Å². The van der Waals surface area contributed by atoms with Crippen molar-refractivity contribution in [1.29, 1.82) is 0 Å². The summed E-state index contributed by atoms with van der Waals surface area (Å²) in [4.78, 5) is 24.2. The Kier molecular flexibility index (Phi) is 8.22. The van der Waals surface area contributed by atoms with Crippen molar-refractivity contribution in [2.24, 2.45) is 0 Å². The van der Waals surface area contributed by atoms with E-state index in [0.29, 0.717) is 10.8 Å². The zero-order valence-corrected chi connectivity index (χ0v) is 18.2. The van der Waals surface area contributed by atoms with E-state index in [-0.39, 0.29) is 4.90 Å². The van der Waals surface area contributed by atoms with Crippen LogP contribution in [0.2, 0.25) is 5.02 Å². The zero-order valence-electron chi connectivity index (χ0n) is 16.6. The van der Waals surface area contributed by atoms with Gasteiger partial charge in [-0.2, -0.15) is 8.42 Å². The summed E-state index contributed by atoms with van der Waals surface area (Å²) in [5, 5.41) is 2.89. The molecule has 1 N–H and O–H groups in total. The van der Waals surface area contributed by atoms with Gasteiger partial charge < -0.3 is 14.8 Å². The zero-order chi connectivity index (χ0) is 22.3. The van der Waals surface area contributed by atoms with Crippen molar-refractivity contribution in [2.45, 2.75) is 30.9 Å². The minimum atomic E-state index is -4.16. The predicted octanol–water partition coefficient (Wildman–Crippen LogP) is 2.48. The highest BCUT2D eigenvalue weighted by molar-refractivity contribution is 7.86. The number of esters is 1. The van der Waals surface area contributed by atoms with Crippen molar-refractivity contribution in [2.75, 3.05) is 13.7 Å². The molecule has 0 aliphatic heterocycles. The molecule has 0 aromatic heterocycles. The number of aryl methyl sites for hydroxylation is 1. The quantitative estimate of drug-likeness (QED) is 0.457. The van der Waals surface area contributed by atoms with E-state index in [1.165, 1.54) is 19.1 Å². The van der Waals surface area contributed by atoms with Gasteiger partial charge in [-0.15, -0.1) is 0 Å². The Balaban J connectivity index is 2.04. The van der Waals surface area contributed by atoms with Gasteiger partial charge in [-0.25, -0.2) is 4.79 Å². The maximum Gasteiger partial charge on any atom is 0.331 e. The molecule has 0 aliphatic rings. The molecule has 0 aliphatic carbocycles. The lowest BCUT2D eigenvalue weighted by Gasteiger charge is -2.23. The van der Waals surface area contributed by atoms with E-state index in [2.05, 4.69) is 10.1 Å². The van der Waals surface area contributed by atoms with Crippen LogP contribution in [0, 0.1) is 6.92 Å². The first-order valence-corrected chi connectivity index (χ1v) is 10.7. The topological polar surface area (TPSA) is 108 Å². The van der Waals surface area contributed by atoms with Gasteiger partial charge in [-0.05, 0) is 50.2 Å². The van der Waals surface area contributed by atoms with E-state index >= 15 is 0 Å². The second-order valence-electron chi connectivity index (χ2n) is 6.38. The van der Waals surface area contributed by atoms with E-state index in [1.54, 1.807) is 36.4 Å². The fraction of sp³-hybridized carbons (Fsp3) is 0.300. The van der Waals surface area contributed by atoms with Gasteiger partial charge in [-0.3, -0.25) is 8.98 Å². The average Bonchev–Trinajstić information content (AvgIpc) is 2.71. The van der Waals surface area contributed by atoms with Crippen molar-refractivity contribution in [3.63, 3.8) is 0 Å². The average molecular weight is 456 g/mol. The number of hydrogen-bond donors (Lipinski definition) is 1. The number of halogens is 1. The number of carbonyl (C=O) groups is 2. The highest BCUT2D eigenvalue weighted by Gasteiger charge is 2.32. The molecule has 162 valence electrons. The third-order valence-electron chi connectivity index (χ3n) is 4.01. The molecule has 1 amide bonds. The lowest BCUT2D eigenvalue weighted by molar-refractivity contribution is -0.147. The first kappa shape index (κ1) is 23.7. The van der Waals surface area contributed by atoms with Gasteiger partial charge in [0.25, 0.3) is 16.0 Å². The van der Waals surface area contributed by atoms with Crippen molar-refractivity contribution >= 4 is 33.6 Å². The number of nitrogens with one attached hydrogen (secondary N) is 1. The molecule has 0 radical (unpaired) electrons. The van der Waals surface area contributed by atoms with Gasteiger partial charge in [0.15, 0.2) is 12.6 Å². The maximum atomic E-state index is 12.5. The van der Waals surface area contributed by atoms with E-state index in [9.17, 15) is 18.0 Å². The summed E-state index contributed by atoms with van der Waals surface area (Å²) in [6, 6.07) is 11.0. The molecule has 0 saturated carbocycles. The van der Waals surface area contributed by atoms with Gasteiger partial charge in [0.2, 0.25) is 0 Å². The van der Waals surface area contributed by atoms with E-state index in [1.807, 2.05) is 6.92 Å². The number of methoxy groups -OCH3 is 1. The molecule has 0 fully saturated rings. The van der Waals surface area contributed by atoms with Crippen LogP contribution in [0.5, 0.6) is 5.75 Å². The number of carbonyl (C=O) groups excluding carboxylic acids is 2. The molecule has 0 bridgehead atoms.